The number of likely N-dealkylation sites (tertiary alicyclic amines) is 1. The Hall–Kier alpha value is -0.120. The largest absolute Gasteiger partial charge is 0.380 e. The van der Waals surface area contributed by atoms with Gasteiger partial charge in [-0.2, -0.15) is 0 Å². The van der Waals surface area contributed by atoms with Crippen molar-refractivity contribution in [2.45, 2.75) is 70.6 Å². The first-order valence-corrected chi connectivity index (χ1v) is 8.25. The molecule has 0 bridgehead atoms. The summed E-state index contributed by atoms with van der Waals surface area (Å²) in [6.45, 7) is 8.53. The number of rotatable bonds is 6. The van der Waals surface area contributed by atoms with Crippen LogP contribution in [0.15, 0.2) is 0 Å². The molecule has 3 heteroatoms. The standard InChI is InChI=1S/C16H32N2O/c1-4-10-18-11-8-14(9-12-18)13(2)17-15-6-5-7-16(15)19-3/h13-17H,4-12H2,1-3H3. The molecule has 0 radical (unpaired) electrons. The zero-order valence-corrected chi connectivity index (χ0v) is 13.0. The first-order valence-electron chi connectivity index (χ1n) is 8.25. The highest BCUT2D eigenvalue weighted by Gasteiger charge is 2.31. The molecule has 1 saturated carbocycles. The molecule has 112 valence electrons. The van der Waals surface area contributed by atoms with E-state index < -0.39 is 0 Å². The maximum Gasteiger partial charge on any atom is 0.0724 e. The molecule has 0 spiro atoms. The molecule has 3 nitrogen and oxygen atoms in total. The van der Waals surface area contributed by atoms with Crippen molar-refractivity contribution in [3.63, 3.8) is 0 Å². The number of ether oxygens (including phenoxy) is 1. The fourth-order valence-corrected chi connectivity index (χ4v) is 3.87. The fourth-order valence-electron chi connectivity index (χ4n) is 3.87. The number of nitrogens with one attached hydrogen (secondary N) is 1. The van der Waals surface area contributed by atoms with Crippen LogP contribution in [0.5, 0.6) is 0 Å². The Labute approximate surface area is 119 Å². The second kappa shape index (κ2) is 7.61. The van der Waals surface area contributed by atoms with Crippen molar-refractivity contribution in [2.24, 2.45) is 5.92 Å². The number of hydrogen-bond acceptors (Lipinski definition) is 3. The van der Waals surface area contributed by atoms with Gasteiger partial charge in [-0.15, -0.1) is 0 Å². The lowest BCUT2D eigenvalue weighted by molar-refractivity contribution is 0.0743. The van der Waals surface area contributed by atoms with Crippen molar-refractivity contribution < 1.29 is 4.74 Å². The Morgan fingerprint density at radius 1 is 1.21 bits per heavy atom. The normalized spacial score (nSPS) is 31.7. The zero-order valence-electron chi connectivity index (χ0n) is 13.0. The number of methoxy groups -OCH3 is 1. The molecular formula is C16H32N2O. The van der Waals surface area contributed by atoms with Crippen molar-refractivity contribution in [3.8, 4) is 0 Å². The van der Waals surface area contributed by atoms with E-state index in [1.54, 1.807) is 0 Å². The molecule has 3 atom stereocenters. The van der Waals surface area contributed by atoms with Gasteiger partial charge in [0.2, 0.25) is 0 Å². The van der Waals surface area contributed by atoms with E-state index >= 15 is 0 Å². The Morgan fingerprint density at radius 3 is 2.58 bits per heavy atom. The van der Waals surface area contributed by atoms with Gasteiger partial charge in [0.25, 0.3) is 0 Å². The monoisotopic (exact) mass is 268 g/mol. The minimum Gasteiger partial charge on any atom is -0.380 e. The van der Waals surface area contributed by atoms with Crippen molar-refractivity contribution in [2.75, 3.05) is 26.7 Å². The van der Waals surface area contributed by atoms with E-state index in [2.05, 4.69) is 24.1 Å². The highest BCUT2D eigenvalue weighted by Crippen LogP contribution is 2.25. The van der Waals surface area contributed by atoms with Gasteiger partial charge < -0.3 is 15.0 Å². The summed E-state index contributed by atoms with van der Waals surface area (Å²) in [5.74, 6) is 0.853. The van der Waals surface area contributed by atoms with E-state index in [-0.39, 0.29) is 0 Å². The van der Waals surface area contributed by atoms with Crippen molar-refractivity contribution in [1.82, 2.24) is 10.2 Å². The molecule has 0 amide bonds. The van der Waals surface area contributed by atoms with Crippen LogP contribution in [0.2, 0.25) is 0 Å². The van der Waals surface area contributed by atoms with Crippen LogP contribution in [-0.2, 0) is 4.74 Å². The molecule has 2 aliphatic rings. The van der Waals surface area contributed by atoms with E-state index in [9.17, 15) is 0 Å². The topological polar surface area (TPSA) is 24.5 Å². The fraction of sp³-hybridized carbons (Fsp3) is 1.00. The summed E-state index contributed by atoms with van der Waals surface area (Å²) in [5, 5.41) is 3.85. The van der Waals surface area contributed by atoms with Gasteiger partial charge in [-0.1, -0.05) is 6.92 Å². The molecule has 19 heavy (non-hydrogen) atoms. The molecule has 1 aliphatic heterocycles. The quantitative estimate of drug-likeness (QED) is 0.801. The predicted molar refractivity (Wildman–Crippen MR) is 80.5 cm³/mol. The Bertz CT molecular complexity index is 251. The number of nitrogens with zero attached hydrogens (tertiary/aromatic N) is 1. The van der Waals surface area contributed by atoms with Crippen LogP contribution < -0.4 is 5.32 Å². The van der Waals surface area contributed by atoms with E-state index in [4.69, 9.17) is 4.74 Å². The second-order valence-electron chi connectivity index (χ2n) is 6.45. The minimum absolute atomic E-state index is 0.447. The molecule has 1 saturated heterocycles. The molecular weight excluding hydrogens is 236 g/mol. The molecule has 1 heterocycles. The van der Waals surface area contributed by atoms with E-state index in [0.29, 0.717) is 18.2 Å². The molecule has 0 aromatic carbocycles. The lowest BCUT2D eigenvalue weighted by atomic mass is 9.89. The van der Waals surface area contributed by atoms with Gasteiger partial charge >= 0.3 is 0 Å². The molecule has 0 aromatic rings. The highest BCUT2D eigenvalue weighted by atomic mass is 16.5. The third-order valence-electron chi connectivity index (χ3n) is 5.11. The summed E-state index contributed by atoms with van der Waals surface area (Å²) < 4.78 is 5.59. The Kier molecular flexibility index (Phi) is 6.11. The van der Waals surface area contributed by atoms with Crippen molar-refractivity contribution >= 4 is 0 Å². The maximum atomic E-state index is 5.59. The van der Waals surface area contributed by atoms with Gasteiger partial charge in [-0.3, -0.25) is 0 Å². The lowest BCUT2D eigenvalue weighted by Gasteiger charge is -2.36. The number of hydrogen-bond donors (Lipinski definition) is 1. The third kappa shape index (κ3) is 4.17. The van der Waals surface area contributed by atoms with Gasteiger partial charge in [0.05, 0.1) is 6.10 Å². The van der Waals surface area contributed by atoms with Crippen LogP contribution in [0.25, 0.3) is 0 Å². The molecule has 1 N–H and O–H groups in total. The summed E-state index contributed by atoms with van der Waals surface area (Å²) in [4.78, 5) is 2.62. The third-order valence-corrected chi connectivity index (χ3v) is 5.11. The second-order valence-corrected chi connectivity index (χ2v) is 6.45. The summed E-state index contributed by atoms with van der Waals surface area (Å²) >= 11 is 0. The van der Waals surface area contributed by atoms with Crippen LogP contribution in [-0.4, -0.2) is 49.8 Å². The van der Waals surface area contributed by atoms with Gasteiger partial charge in [0, 0.05) is 19.2 Å². The van der Waals surface area contributed by atoms with E-state index in [0.717, 1.165) is 5.92 Å². The van der Waals surface area contributed by atoms with Crippen LogP contribution >= 0.6 is 0 Å². The minimum atomic E-state index is 0.447. The zero-order chi connectivity index (χ0) is 13.7. The van der Waals surface area contributed by atoms with E-state index in [1.165, 1.54) is 58.2 Å². The summed E-state index contributed by atoms with van der Waals surface area (Å²) in [6, 6.07) is 1.23. The smallest absolute Gasteiger partial charge is 0.0724 e. The molecule has 0 aromatic heterocycles. The summed E-state index contributed by atoms with van der Waals surface area (Å²) in [6.07, 6.45) is 8.29. The maximum absolute atomic E-state index is 5.59. The van der Waals surface area contributed by atoms with Crippen molar-refractivity contribution in [1.29, 1.82) is 0 Å². The van der Waals surface area contributed by atoms with Gasteiger partial charge in [0.1, 0.15) is 0 Å². The average molecular weight is 268 g/mol. The summed E-state index contributed by atoms with van der Waals surface area (Å²) in [5.41, 5.74) is 0. The SMILES string of the molecule is CCCN1CCC(C(C)NC2CCCC2OC)CC1. The van der Waals surface area contributed by atoms with Crippen LogP contribution in [0.4, 0.5) is 0 Å². The van der Waals surface area contributed by atoms with Crippen LogP contribution in [0, 0.1) is 5.92 Å². The number of piperidine rings is 1. The Balaban J connectivity index is 1.73. The van der Waals surface area contributed by atoms with Crippen LogP contribution in [0.3, 0.4) is 0 Å². The Morgan fingerprint density at radius 2 is 1.95 bits per heavy atom. The van der Waals surface area contributed by atoms with Gasteiger partial charge in [-0.05, 0) is 71.0 Å². The van der Waals surface area contributed by atoms with Crippen molar-refractivity contribution in [3.05, 3.63) is 0 Å². The van der Waals surface area contributed by atoms with Gasteiger partial charge in [-0.25, -0.2) is 0 Å². The first kappa shape index (κ1) is 15.3. The summed E-state index contributed by atoms with van der Waals surface area (Å²) in [7, 11) is 1.86. The molecule has 1 aliphatic carbocycles. The van der Waals surface area contributed by atoms with Gasteiger partial charge in [0.15, 0.2) is 0 Å². The van der Waals surface area contributed by atoms with E-state index in [1.807, 2.05) is 7.11 Å². The molecule has 3 unspecified atom stereocenters. The lowest BCUT2D eigenvalue weighted by Crippen LogP contribution is -2.48. The predicted octanol–water partition coefficient (Wildman–Crippen LogP) is 2.65. The first-order chi connectivity index (χ1) is 9.24. The highest BCUT2D eigenvalue weighted by molar-refractivity contribution is 4.88. The van der Waals surface area contributed by atoms with Crippen LogP contribution in [0.1, 0.15) is 52.4 Å². The molecule has 2 fully saturated rings. The average Bonchev–Trinajstić information content (AvgIpc) is 2.87. The molecule has 2 rings (SSSR count).